The molecule has 1 rings (SSSR count). The van der Waals surface area contributed by atoms with Crippen LogP contribution in [0.5, 0.6) is 0 Å². The van der Waals surface area contributed by atoms with Crippen LogP contribution < -0.4 is 5.32 Å². The predicted molar refractivity (Wildman–Crippen MR) is 74.9 cm³/mol. The molecule has 100 valence electrons. The molecule has 0 amide bonds. The van der Waals surface area contributed by atoms with Gasteiger partial charge in [0, 0.05) is 18.7 Å². The van der Waals surface area contributed by atoms with Gasteiger partial charge >= 0.3 is 5.97 Å². The molecule has 1 N–H and O–H groups in total. The first-order valence-corrected chi connectivity index (χ1v) is 6.35. The molecule has 1 aromatic rings. The molecule has 3 nitrogen and oxygen atoms in total. The van der Waals surface area contributed by atoms with Crippen molar-refractivity contribution in [2.75, 3.05) is 19.0 Å². The summed E-state index contributed by atoms with van der Waals surface area (Å²) >= 11 is 0. The Bertz CT molecular complexity index is 394. The van der Waals surface area contributed by atoms with E-state index in [0.29, 0.717) is 6.42 Å². The van der Waals surface area contributed by atoms with Crippen LogP contribution in [-0.4, -0.2) is 19.6 Å². The van der Waals surface area contributed by atoms with E-state index >= 15 is 0 Å². The van der Waals surface area contributed by atoms with Gasteiger partial charge in [-0.2, -0.15) is 0 Å². The summed E-state index contributed by atoms with van der Waals surface area (Å²) in [6.45, 7) is 7.37. The van der Waals surface area contributed by atoms with Crippen molar-refractivity contribution in [3.05, 3.63) is 29.8 Å². The van der Waals surface area contributed by atoms with Gasteiger partial charge in [0.1, 0.15) is 0 Å². The zero-order valence-corrected chi connectivity index (χ0v) is 11.7. The minimum Gasteiger partial charge on any atom is -0.469 e. The maximum Gasteiger partial charge on any atom is 0.305 e. The zero-order chi connectivity index (χ0) is 13.6. The van der Waals surface area contributed by atoms with Crippen LogP contribution in [-0.2, 0) is 14.9 Å². The lowest BCUT2D eigenvalue weighted by Crippen LogP contribution is -2.15. The Balaban J connectivity index is 2.55. The fraction of sp³-hybridized carbons (Fsp3) is 0.533. The summed E-state index contributed by atoms with van der Waals surface area (Å²) in [4.78, 5) is 11.0. The van der Waals surface area contributed by atoms with Crippen LogP contribution in [0.15, 0.2) is 24.3 Å². The highest BCUT2D eigenvalue weighted by Gasteiger charge is 2.16. The topological polar surface area (TPSA) is 38.3 Å². The van der Waals surface area contributed by atoms with Crippen molar-refractivity contribution in [3.8, 4) is 0 Å². The predicted octanol–water partition coefficient (Wildman–Crippen LogP) is 3.35. The molecule has 0 radical (unpaired) electrons. The van der Waals surface area contributed by atoms with E-state index in [1.807, 2.05) is 6.07 Å². The Labute approximate surface area is 110 Å². The fourth-order valence-corrected chi connectivity index (χ4v) is 1.85. The Kier molecular flexibility index (Phi) is 5.20. The third-order valence-corrected chi connectivity index (χ3v) is 2.84. The highest BCUT2D eigenvalue weighted by atomic mass is 16.5. The Morgan fingerprint density at radius 1 is 1.28 bits per heavy atom. The molecule has 0 spiro atoms. The number of hydrogen-bond acceptors (Lipinski definition) is 3. The number of hydrogen-bond donors (Lipinski definition) is 1. The first-order valence-electron chi connectivity index (χ1n) is 6.35. The lowest BCUT2D eigenvalue weighted by molar-refractivity contribution is -0.140. The first kappa shape index (κ1) is 14.6. The number of rotatable bonds is 5. The van der Waals surface area contributed by atoms with Crippen LogP contribution in [0.25, 0.3) is 0 Å². The van der Waals surface area contributed by atoms with Gasteiger partial charge in [-0.1, -0.05) is 39.0 Å². The molecule has 3 heteroatoms. The number of carbonyl (C=O) groups is 1. The lowest BCUT2D eigenvalue weighted by Gasteiger charge is -2.23. The van der Waals surface area contributed by atoms with Crippen LogP contribution in [0.2, 0.25) is 0 Å². The molecule has 0 fully saturated rings. The quantitative estimate of drug-likeness (QED) is 0.642. The number of para-hydroxylation sites is 1. The van der Waals surface area contributed by atoms with Crippen LogP contribution in [0.3, 0.4) is 0 Å². The lowest BCUT2D eigenvalue weighted by atomic mass is 9.86. The maximum atomic E-state index is 11.0. The summed E-state index contributed by atoms with van der Waals surface area (Å²) in [6, 6.07) is 8.31. The largest absolute Gasteiger partial charge is 0.469 e. The smallest absolute Gasteiger partial charge is 0.305 e. The van der Waals surface area contributed by atoms with E-state index in [1.165, 1.54) is 12.7 Å². The molecule has 0 saturated heterocycles. The van der Waals surface area contributed by atoms with Crippen molar-refractivity contribution in [2.45, 2.75) is 39.0 Å². The second-order valence-electron chi connectivity index (χ2n) is 5.40. The number of ether oxygens (including phenoxy) is 1. The summed E-state index contributed by atoms with van der Waals surface area (Å²) in [7, 11) is 1.42. The molecule has 0 atom stereocenters. The van der Waals surface area contributed by atoms with Crippen molar-refractivity contribution in [2.24, 2.45) is 0 Å². The zero-order valence-electron chi connectivity index (χ0n) is 11.7. The van der Waals surface area contributed by atoms with Gasteiger partial charge in [-0.15, -0.1) is 0 Å². The molecule has 0 aliphatic heterocycles. The van der Waals surface area contributed by atoms with Crippen LogP contribution in [0.1, 0.15) is 39.2 Å². The van der Waals surface area contributed by atoms with Crippen molar-refractivity contribution in [1.29, 1.82) is 0 Å². The van der Waals surface area contributed by atoms with E-state index in [2.05, 4.69) is 49.0 Å². The third-order valence-electron chi connectivity index (χ3n) is 2.84. The standard InChI is InChI=1S/C15H23NO2/c1-15(2,3)12-8-5-6-9-13(12)16-11-7-10-14(17)18-4/h5-6,8-9,16H,7,10-11H2,1-4H3. The van der Waals surface area contributed by atoms with Gasteiger partial charge in [-0.25, -0.2) is 0 Å². The van der Waals surface area contributed by atoms with Crippen molar-refractivity contribution in [3.63, 3.8) is 0 Å². The van der Waals surface area contributed by atoms with Crippen molar-refractivity contribution >= 4 is 11.7 Å². The summed E-state index contributed by atoms with van der Waals surface area (Å²) in [5, 5.41) is 3.39. The number of anilines is 1. The van der Waals surface area contributed by atoms with Crippen LogP contribution in [0, 0.1) is 0 Å². The minimum absolute atomic E-state index is 0.117. The number of carbonyl (C=O) groups excluding carboxylic acids is 1. The number of methoxy groups -OCH3 is 1. The fourth-order valence-electron chi connectivity index (χ4n) is 1.85. The SMILES string of the molecule is COC(=O)CCCNc1ccccc1C(C)(C)C. The van der Waals surface area contributed by atoms with Gasteiger partial charge in [0.25, 0.3) is 0 Å². The number of nitrogens with one attached hydrogen (secondary N) is 1. The summed E-state index contributed by atoms with van der Waals surface area (Å²) in [5.41, 5.74) is 2.56. The first-order chi connectivity index (χ1) is 8.45. The second-order valence-corrected chi connectivity index (χ2v) is 5.40. The second kappa shape index (κ2) is 6.43. The average molecular weight is 249 g/mol. The number of benzene rings is 1. The molecule has 0 aliphatic carbocycles. The van der Waals surface area contributed by atoms with E-state index in [1.54, 1.807) is 0 Å². The number of esters is 1. The highest BCUT2D eigenvalue weighted by molar-refractivity contribution is 5.69. The minimum atomic E-state index is -0.152. The van der Waals surface area contributed by atoms with E-state index in [9.17, 15) is 4.79 Å². The Hall–Kier alpha value is -1.51. The molecular formula is C15H23NO2. The van der Waals surface area contributed by atoms with Crippen molar-refractivity contribution < 1.29 is 9.53 Å². The van der Waals surface area contributed by atoms with Gasteiger partial charge in [-0.05, 0) is 23.5 Å². The van der Waals surface area contributed by atoms with Gasteiger partial charge in [0.15, 0.2) is 0 Å². The molecule has 0 aromatic heterocycles. The maximum absolute atomic E-state index is 11.0. The molecule has 0 saturated carbocycles. The Morgan fingerprint density at radius 3 is 2.56 bits per heavy atom. The van der Waals surface area contributed by atoms with E-state index < -0.39 is 0 Å². The van der Waals surface area contributed by atoms with Crippen LogP contribution in [0.4, 0.5) is 5.69 Å². The van der Waals surface area contributed by atoms with Gasteiger partial charge in [-0.3, -0.25) is 4.79 Å². The van der Waals surface area contributed by atoms with E-state index in [4.69, 9.17) is 0 Å². The monoisotopic (exact) mass is 249 g/mol. The molecule has 18 heavy (non-hydrogen) atoms. The van der Waals surface area contributed by atoms with Gasteiger partial charge in [0.05, 0.1) is 7.11 Å². The third kappa shape index (κ3) is 4.40. The molecule has 1 aromatic carbocycles. The van der Waals surface area contributed by atoms with Crippen LogP contribution >= 0.6 is 0 Å². The highest BCUT2D eigenvalue weighted by Crippen LogP contribution is 2.29. The van der Waals surface area contributed by atoms with E-state index in [0.717, 1.165) is 18.7 Å². The summed E-state index contributed by atoms with van der Waals surface area (Å²) in [6.07, 6.45) is 1.24. The van der Waals surface area contributed by atoms with Gasteiger partial charge < -0.3 is 10.1 Å². The van der Waals surface area contributed by atoms with Gasteiger partial charge in [0.2, 0.25) is 0 Å². The molecule has 0 unspecified atom stereocenters. The average Bonchev–Trinajstić information content (AvgIpc) is 2.33. The molecular weight excluding hydrogens is 226 g/mol. The summed E-state index contributed by atoms with van der Waals surface area (Å²) < 4.78 is 4.61. The molecule has 0 aliphatic rings. The van der Waals surface area contributed by atoms with Crippen molar-refractivity contribution in [1.82, 2.24) is 0 Å². The molecule has 0 bridgehead atoms. The Morgan fingerprint density at radius 2 is 1.94 bits per heavy atom. The normalized spacial score (nSPS) is 11.1. The molecule has 0 heterocycles. The summed E-state index contributed by atoms with van der Waals surface area (Å²) in [5.74, 6) is -0.152. The van der Waals surface area contributed by atoms with E-state index in [-0.39, 0.29) is 11.4 Å².